The van der Waals surface area contributed by atoms with Crippen molar-refractivity contribution in [3.05, 3.63) is 21.4 Å². The summed E-state index contributed by atoms with van der Waals surface area (Å²) in [5, 5.41) is 8.56. The first-order valence-electron chi connectivity index (χ1n) is 3.54. The lowest BCUT2D eigenvalue weighted by Gasteiger charge is -2.02. The number of methoxy groups -OCH3 is 1. The van der Waals surface area contributed by atoms with E-state index in [9.17, 15) is 4.79 Å². The molecule has 1 aromatic rings. The summed E-state index contributed by atoms with van der Waals surface area (Å²) in [6.07, 6.45) is -0.00508. The second kappa shape index (κ2) is 4.40. The van der Waals surface area contributed by atoms with Crippen LogP contribution < -0.4 is 4.74 Å². The second-order valence-electron chi connectivity index (χ2n) is 2.41. The van der Waals surface area contributed by atoms with Crippen LogP contribution in [0.3, 0.4) is 0 Å². The topological polar surface area (TPSA) is 59.4 Å². The fourth-order valence-electron chi connectivity index (χ4n) is 0.904. The third-order valence-electron chi connectivity index (χ3n) is 1.39. The summed E-state index contributed by atoms with van der Waals surface area (Å²) < 4.78 is 5.64. The van der Waals surface area contributed by atoms with Crippen molar-refractivity contribution in [1.29, 1.82) is 0 Å². The maximum Gasteiger partial charge on any atom is 0.307 e. The van der Waals surface area contributed by atoms with Crippen molar-refractivity contribution in [3.8, 4) is 5.88 Å². The van der Waals surface area contributed by atoms with E-state index in [0.717, 1.165) is 3.70 Å². The molecule has 1 heterocycles. The first-order valence-corrected chi connectivity index (χ1v) is 4.62. The van der Waals surface area contributed by atoms with Crippen molar-refractivity contribution >= 4 is 28.6 Å². The van der Waals surface area contributed by atoms with Crippen LogP contribution in [-0.4, -0.2) is 23.2 Å². The van der Waals surface area contributed by atoms with Crippen LogP contribution in [0, 0.1) is 3.70 Å². The van der Waals surface area contributed by atoms with Gasteiger partial charge in [-0.05, 0) is 34.2 Å². The Labute approximate surface area is 89.1 Å². The summed E-state index contributed by atoms with van der Waals surface area (Å²) in [5.41, 5.74) is 0.698. The minimum atomic E-state index is -0.857. The van der Waals surface area contributed by atoms with E-state index in [1.807, 2.05) is 22.6 Å². The molecule has 13 heavy (non-hydrogen) atoms. The molecule has 0 bridgehead atoms. The minimum absolute atomic E-state index is 0.00508. The predicted molar refractivity (Wildman–Crippen MR) is 54.8 cm³/mol. The molecule has 0 spiro atoms. The van der Waals surface area contributed by atoms with Crippen molar-refractivity contribution in [3.63, 3.8) is 0 Å². The zero-order chi connectivity index (χ0) is 9.84. The molecule has 1 rings (SSSR count). The molecule has 0 unspecified atom stereocenters. The third-order valence-corrected chi connectivity index (χ3v) is 1.95. The van der Waals surface area contributed by atoms with Gasteiger partial charge in [0.2, 0.25) is 5.88 Å². The van der Waals surface area contributed by atoms with E-state index in [1.54, 1.807) is 12.1 Å². The fourth-order valence-corrected chi connectivity index (χ4v) is 1.54. The highest BCUT2D eigenvalue weighted by atomic mass is 127. The summed E-state index contributed by atoms with van der Waals surface area (Å²) in [4.78, 5) is 14.4. The molecule has 0 saturated heterocycles. The van der Waals surface area contributed by atoms with E-state index in [4.69, 9.17) is 9.84 Å². The molecule has 70 valence electrons. The number of ether oxygens (including phenoxy) is 1. The van der Waals surface area contributed by atoms with Gasteiger partial charge in [0.25, 0.3) is 0 Å². The molecule has 4 nitrogen and oxygen atoms in total. The Morgan fingerprint density at radius 3 is 2.92 bits per heavy atom. The quantitative estimate of drug-likeness (QED) is 0.674. The number of carbonyl (C=O) groups is 1. The molecule has 0 aromatic carbocycles. The molecular weight excluding hydrogens is 285 g/mol. The number of rotatable bonds is 3. The molecule has 0 fully saturated rings. The number of nitrogens with zero attached hydrogens (tertiary/aromatic N) is 1. The third kappa shape index (κ3) is 3.17. The van der Waals surface area contributed by atoms with Gasteiger partial charge in [-0.1, -0.05) is 0 Å². The highest BCUT2D eigenvalue weighted by Gasteiger charge is 2.04. The monoisotopic (exact) mass is 293 g/mol. The van der Waals surface area contributed by atoms with E-state index in [1.165, 1.54) is 7.11 Å². The van der Waals surface area contributed by atoms with E-state index in [0.29, 0.717) is 11.4 Å². The first kappa shape index (κ1) is 10.2. The maximum absolute atomic E-state index is 10.4. The molecule has 5 heteroatoms. The molecule has 0 aliphatic carbocycles. The normalized spacial score (nSPS) is 9.69. The maximum atomic E-state index is 10.4. The van der Waals surface area contributed by atoms with Gasteiger partial charge in [0.05, 0.1) is 13.5 Å². The Morgan fingerprint density at radius 2 is 2.38 bits per heavy atom. The summed E-state index contributed by atoms with van der Waals surface area (Å²) >= 11 is 2.02. The van der Waals surface area contributed by atoms with Crippen molar-refractivity contribution in [1.82, 2.24) is 4.98 Å². The van der Waals surface area contributed by atoms with Gasteiger partial charge in [0, 0.05) is 6.07 Å². The predicted octanol–water partition coefficient (Wildman–Crippen LogP) is 1.32. The van der Waals surface area contributed by atoms with Gasteiger partial charge in [-0.3, -0.25) is 4.79 Å². The summed E-state index contributed by atoms with van der Waals surface area (Å²) in [6.45, 7) is 0. The minimum Gasteiger partial charge on any atom is -0.481 e. The zero-order valence-electron chi connectivity index (χ0n) is 6.95. The SMILES string of the molecule is COc1cc(CC(=O)O)cc(I)n1. The van der Waals surface area contributed by atoms with Gasteiger partial charge in [-0.25, -0.2) is 4.98 Å². The van der Waals surface area contributed by atoms with Crippen LogP contribution in [-0.2, 0) is 11.2 Å². The Bertz CT molecular complexity index is 327. The smallest absolute Gasteiger partial charge is 0.307 e. The lowest BCUT2D eigenvalue weighted by atomic mass is 10.2. The average Bonchev–Trinajstić information content (AvgIpc) is 2.01. The van der Waals surface area contributed by atoms with E-state index < -0.39 is 5.97 Å². The highest BCUT2D eigenvalue weighted by molar-refractivity contribution is 14.1. The standard InChI is InChI=1S/C8H8INO3/c1-13-7-3-5(4-8(11)12)2-6(9)10-7/h2-3H,4H2,1H3,(H,11,12). The van der Waals surface area contributed by atoms with Gasteiger partial charge >= 0.3 is 5.97 Å². The van der Waals surface area contributed by atoms with Crippen molar-refractivity contribution in [2.24, 2.45) is 0 Å². The van der Waals surface area contributed by atoms with Crippen LogP contribution in [0.1, 0.15) is 5.56 Å². The van der Waals surface area contributed by atoms with Crippen LogP contribution in [0.25, 0.3) is 0 Å². The number of halogens is 1. The number of hydrogen-bond acceptors (Lipinski definition) is 3. The van der Waals surface area contributed by atoms with Crippen molar-refractivity contribution < 1.29 is 14.6 Å². The van der Waals surface area contributed by atoms with Crippen molar-refractivity contribution in [2.45, 2.75) is 6.42 Å². The molecule has 1 N–H and O–H groups in total. The van der Waals surface area contributed by atoms with Gasteiger partial charge in [-0.15, -0.1) is 0 Å². The van der Waals surface area contributed by atoms with Gasteiger partial charge in [0.15, 0.2) is 0 Å². The Morgan fingerprint density at radius 1 is 1.69 bits per heavy atom. The lowest BCUT2D eigenvalue weighted by Crippen LogP contribution is -2.01. The fraction of sp³-hybridized carbons (Fsp3) is 0.250. The molecule has 0 amide bonds. The number of pyridine rings is 1. The van der Waals surface area contributed by atoms with Gasteiger partial charge < -0.3 is 9.84 Å². The van der Waals surface area contributed by atoms with E-state index in [2.05, 4.69) is 4.98 Å². The average molecular weight is 293 g/mol. The Kier molecular flexibility index (Phi) is 3.47. The molecule has 1 aromatic heterocycles. The summed E-state index contributed by atoms with van der Waals surface area (Å²) in [5.74, 6) is -0.410. The van der Waals surface area contributed by atoms with Crippen LogP contribution >= 0.6 is 22.6 Å². The molecule has 0 saturated carbocycles. The lowest BCUT2D eigenvalue weighted by molar-refractivity contribution is -0.136. The number of carboxylic acids is 1. The highest BCUT2D eigenvalue weighted by Crippen LogP contribution is 2.14. The van der Waals surface area contributed by atoms with Gasteiger partial charge in [-0.2, -0.15) is 0 Å². The van der Waals surface area contributed by atoms with Crippen molar-refractivity contribution in [2.75, 3.05) is 7.11 Å². The number of aromatic nitrogens is 1. The molecule has 0 atom stereocenters. The summed E-state index contributed by atoms with van der Waals surface area (Å²) in [6, 6.07) is 3.34. The zero-order valence-corrected chi connectivity index (χ0v) is 9.11. The Balaban J connectivity index is 2.94. The molecular formula is C8H8INO3. The Hall–Kier alpha value is -0.850. The summed E-state index contributed by atoms with van der Waals surface area (Å²) in [7, 11) is 1.50. The first-order chi connectivity index (χ1) is 6.11. The van der Waals surface area contributed by atoms with Gasteiger partial charge in [0.1, 0.15) is 3.70 Å². The molecule has 0 radical (unpaired) electrons. The largest absolute Gasteiger partial charge is 0.481 e. The van der Waals surface area contributed by atoms with Crippen LogP contribution in [0.5, 0.6) is 5.88 Å². The van der Waals surface area contributed by atoms with E-state index in [-0.39, 0.29) is 6.42 Å². The van der Waals surface area contributed by atoms with Crippen LogP contribution in [0.2, 0.25) is 0 Å². The molecule has 0 aliphatic heterocycles. The van der Waals surface area contributed by atoms with Crippen LogP contribution in [0.4, 0.5) is 0 Å². The number of carboxylic acid groups (broad SMARTS) is 1. The molecule has 0 aliphatic rings. The number of hydrogen-bond donors (Lipinski definition) is 1. The second-order valence-corrected chi connectivity index (χ2v) is 3.52. The number of aliphatic carboxylic acids is 1. The van der Waals surface area contributed by atoms with Crippen LogP contribution in [0.15, 0.2) is 12.1 Å². The van der Waals surface area contributed by atoms with E-state index >= 15 is 0 Å².